The Morgan fingerprint density at radius 3 is 2.48 bits per heavy atom. The second-order valence-corrected chi connectivity index (χ2v) is 5.64. The number of hydrogen-bond donors (Lipinski definition) is 1. The van der Waals surface area contributed by atoms with Crippen LogP contribution in [0.2, 0.25) is 5.02 Å². The van der Waals surface area contributed by atoms with Gasteiger partial charge in [0.15, 0.2) is 0 Å². The van der Waals surface area contributed by atoms with E-state index in [0.29, 0.717) is 18.8 Å². The molecule has 1 aliphatic rings. The van der Waals surface area contributed by atoms with Crippen LogP contribution in [0.5, 0.6) is 0 Å². The molecule has 2 heterocycles. The van der Waals surface area contributed by atoms with Crippen LogP contribution < -0.4 is 10.2 Å². The smallest absolute Gasteiger partial charge is 0.322 e. The maximum absolute atomic E-state index is 13.0. The van der Waals surface area contributed by atoms with E-state index in [1.807, 2.05) is 12.1 Å². The molecule has 0 radical (unpaired) electrons. The summed E-state index contributed by atoms with van der Waals surface area (Å²) < 4.78 is 13.0. The van der Waals surface area contributed by atoms with Crippen molar-refractivity contribution in [1.82, 2.24) is 9.88 Å². The van der Waals surface area contributed by atoms with Gasteiger partial charge in [0.2, 0.25) is 0 Å². The van der Waals surface area contributed by atoms with E-state index in [4.69, 9.17) is 11.6 Å². The Labute approximate surface area is 138 Å². The Morgan fingerprint density at radius 2 is 1.83 bits per heavy atom. The van der Waals surface area contributed by atoms with Crippen LogP contribution in [-0.2, 0) is 0 Å². The number of halogens is 2. The van der Waals surface area contributed by atoms with E-state index >= 15 is 0 Å². The highest BCUT2D eigenvalue weighted by molar-refractivity contribution is 6.33. The molecular weight excluding hydrogens is 319 g/mol. The molecule has 1 N–H and O–H groups in total. The Bertz CT molecular complexity index is 690. The number of urea groups is 1. The first-order valence-electron chi connectivity index (χ1n) is 7.29. The minimum atomic E-state index is -0.432. The first-order chi connectivity index (χ1) is 11.1. The lowest BCUT2D eigenvalue weighted by Gasteiger charge is -2.36. The van der Waals surface area contributed by atoms with Gasteiger partial charge < -0.3 is 15.1 Å². The summed E-state index contributed by atoms with van der Waals surface area (Å²) in [6, 6.07) is 7.58. The molecule has 1 fully saturated rings. The lowest BCUT2D eigenvalue weighted by molar-refractivity contribution is 0.208. The molecule has 2 aromatic rings. The SMILES string of the molecule is O=C(Nc1ccc(F)cc1Cl)N1CCN(c2ccncc2)CC1. The van der Waals surface area contributed by atoms with Crippen molar-refractivity contribution in [3.63, 3.8) is 0 Å². The maximum Gasteiger partial charge on any atom is 0.322 e. The number of hydrogen-bond acceptors (Lipinski definition) is 3. The highest BCUT2D eigenvalue weighted by Gasteiger charge is 2.21. The van der Waals surface area contributed by atoms with Gasteiger partial charge in [-0.2, -0.15) is 0 Å². The van der Waals surface area contributed by atoms with Gasteiger partial charge in [0.25, 0.3) is 0 Å². The van der Waals surface area contributed by atoms with Crippen LogP contribution in [0.1, 0.15) is 0 Å². The van der Waals surface area contributed by atoms with Crippen molar-refractivity contribution in [1.29, 1.82) is 0 Å². The van der Waals surface area contributed by atoms with Gasteiger partial charge in [-0.25, -0.2) is 9.18 Å². The van der Waals surface area contributed by atoms with Gasteiger partial charge in [-0.1, -0.05) is 11.6 Å². The average molecular weight is 335 g/mol. The van der Waals surface area contributed by atoms with Crippen molar-refractivity contribution in [3.05, 3.63) is 53.6 Å². The minimum absolute atomic E-state index is 0.189. The minimum Gasteiger partial charge on any atom is -0.368 e. The Balaban J connectivity index is 1.58. The largest absolute Gasteiger partial charge is 0.368 e. The van der Waals surface area contributed by atoms with Gasteiger partial charge in [-0.15, -0.1) is 0 Å². The quantitative estimate of drug-likeness (QED) is 0.917. The van der Waals surface area contributed by atoms with Gasteiger partial charge in [-0.05, 0) is 30.3 Å². The van der Waals surface area contributed by atoms with Crippen molar-refractivity contribution in [3.8, 4) is 0 Å². The zero-order chi connectivity index (χ0) is 16.2. The van der Waals surface area contributed by atoms with Crippen molar-refractivity contribution in [2.75, 3.05) is 36.4 Å². The fourth-order valence-corrected chi connectivity index (χ4v) is 2.72. The van der Waals surface area contributed by atoms with E-state index in [0.717, 1.165) is 18.8 Å². The van der Waals surface area contributed by atoms with Gasteiger partial charge in [0.1, 0.15) is 5.82 Å². The molecule has 1 saturated heterocycles. The molecule has 120 valence electrons. The Morgan fingerprint density at radius 1 is 1.13 bits per heavy atom. The van der Waals surface area contributed by atoms with Crippen LogP contribution in [0, 0.1) is 5.82 Å². The van der Waals surface area contributed by atoms with Gasteiger partial charge in [0, 0.05) is 44.3 Å². The number of nitrogens with zero attached hydrogens (tertiary/aromatic N) is 3. The van der Waals surface area contributed by atoms with Crippen molar-refractivity contribution >= 4 is 29.0 Å². The van der Waals surface area contributed by atoms with Crippen LogP contribution in [0.15, 0.2) is 42.7 Å². The van der Waals surface area contributed by atoms with E-state index in [1.165, 1.54) is 18.2 Å². The second kappa shape index (κ2) is 6.83. The summed E-state index contributed by atoms with van der Waals surface area (Å²) in [5.74, 6) is -0.432. The standard InChI is InChI=1S/C16H16ClFN4O/c17-14-11-12(18)1-2-15(14)20-16(23)22-9-7-21(8-10-22)13-3-5-19-6-4-13/h1-6,11H,7-10H2,(H,20,23). The molecule has 3 rings (SSSR count). The lowest BCUT2D eigenvalue weighted by Crippen LogP contribution is -2.50. The second-order valence-electron chi connectivity index (χ2n) is 5.23. The molecule has 2 amide bonds. The molecule has 0 aliphatic carbocycles. The third kappa shape index (κ3) is 3.71. The normalized spacial score (nSPS) is 14.7. The number of carbonyl (C=O) groups is 1. The molecule has 7 heteroatoms. The van der Waals surface area contributed by atoms with Crippen molar-refractivity contribution in [2.24, 2.45) is 0 Å². The van der Waals surface area contributed by atoms with Gasteiger partial charge >= 0.3 is 6.03 Å². The predicted octanol–water partition coefficient (Wildman–Crippen LogP) is 3.23. The van der Waals surface area contributed by atoms with Gasteiger partial charge in [-0.3, -0.25) is 4.98 Å². The monoisotopic (exact) mass is 334 g/mol. The van der Waals surface area contributed by atoms with Crippen LogP contribution >= 0.6 is 11.6 Å². The van der Waals surface area contributed by atoms with Crippen molar-refractivity contribution in [2.45, 2.75) is 0 Å². The van der Waals surface area contributed by atoms with Crippen LogP contribution in [0.25, 0.3) is 0 Å². The molecule has 0 unspecified atom stereocenters. The molecular formula is C16H16ClFN4O. The van der Waals surface area contributed by atoms with E-state index in [2.05, 4.69) is 15.2 Å². The molecule has 0 saturated carbocycles. The van der Waals surface area contributed by atoms with Crippen molar-refractivity contribution < 1.29 is 9.18 Å². The molecule has 23 heavy (non-hydrogen) atoms. The predicted molar refractivity (Wildman–Crippen MR) is 88.5 cm³/mol. The fourth-order valence-electron chi connectivity index (χ4n) is 2.51. The van der Waals surface area contributed by atoms with E-state index in [9.17, 15) is 9.18 Å². The number of pyridine rings is 1. The molecule has 0 atom stereocenters. The molecule has 1 aromatic carbocycles. The molecule has 0 bridgehead atoms. The van der Waals surface area contributed by atoms with Crippen LogP contribution in [0.4, 0.5) is 20.6 Å². The zero-order valence-corrected chi connectivity index (χ0v) is 13.1. The summed E-state index contributed by atoms with van der Waals surface area (Å²) in [5.41, 5.74) is 1.51. The first-order valence-corrected chi connectivity index (χ1v) is 7.67. The number of anilines is 2. The average Bonchev–Trinajstić information content (AvgIpc) is 2.58. The number of piperazine rings is 1. The zero-order valence-electron chi connectivity index (χ0n) is 12.4. The summed E-state index contributed by atoms with van der Waals surface area (Å²) >= 11 is 5.93. The third-order valence-electron chi connectivity index (χ3n) is 3.77. The van der Waals surface area contributed by atoms with E-state index in [-0.39, 0.29) is 11.1 Å². The topological polar surface area (TPSA) is 48.5 Å². The first kappa shape index (κ1) is 15.6. The Hall–Kier alpha value is -2.34. The number of rotatable bonds is 2. The summed E-state index contributed by atoms with van der Waals surface area (Å²) in [4.78, 5) is 20.2. The summed E-state index contributed by atoms with van der Waals surface area (Å²) in [5, 5.41) is 2.91. The van der Waals surface area contributed by atoms with Crippen LogP contribution in [-0.4, -0.2) is 42.1 Å². The number of nitrogens with one attached hydrogen (secondary N) is 1. The third-order valence-corrected chi connectivity index (χ3v) is 4.08. The number of carbonyl (C=O) groups excluding carboxylic acids is 1. The van der Waals surface area contributed by atoms with Crippen LogP contribution in [0.3, 0.4) is 0 Å². The number of aromatic nitrogens is 1. The number of amides is 2. The van der Waals surface area contributed by atoms with Gasteiger partial charge in [0.05, 0.1) is 10.7 Å². The molecule has 1 aromatic heterocycles. The molecule has 0 spiro atoms. The van der Waals surface area contributed by atoms with E-state index < -0.39 is 5.82 Å². The maximum atomic E-state index is 13.0. The summed E-state index contributed by atoms with van der Waals surface area (Å²) in [6.07, 6.45) is 3.51. The fraction of sp³-hybridized carbons (Fsp3) is 0.250. The highest BCUT2D eigenvalue weighted by atomic mass is 35.5. The summed E-state index contributed by atoms with van der Waals surface area (Å²) in [6.45, 7) is 2.70. The highest BCUT2D eigenvalue weighted by Crippen LogP contribution is 2.23. The molecule has 1 aliphatic heterocycles. The molecule has 5 nitrogen and oxygen atoms in total. The van der Waals surface area contributed by atoms with E-state index in [1.54, 1.807) is 17.3 Å². The number of benzene rings is 1. The lowest BCUT2D eigenvalue weighted by atomic mass is 10.2. The Kier molecular flexibility index (Phi) is 4.62. The summed E-state index contributed by atoms with van der Waals surface area (Å²) in [7, 11) is 0.